The van der Waals surface area contributed by atoms with Gasteiger partial charge < -0.3 is 0 Å². The molecule has 0 aliphatic carbocycles. The quantitative estimate of drug-likeness (QED) is 0.734. The molecule has 0 aliphatic rings. The van der Waals surface area contributed by atoms with Crippen molar-refractivity contribution in [1.82, 2.24) is 9.97 Å². The van der Waals surface area contributed by atoms with Gasteiger partial charge in [-0.25, -0.2) is 9.97 Å². The predicted molar refractivity (Wildman–Crippen MR) is 59.4 cm³/mol. The maximum atomic E-state index is 4.38. The van der Waals surface area contributed by atoms with Crippen molar-refractivity contribution in [2.45, 2.75) is 52.4 Å². The summed E-state index contributed by atoms with van der Waals surface area (Å²) in [5, 5.41) is 0. The summed E-state index contributed by atoms with van der Waals surface area (Å²) in [6, 6.07) is 0. The molecule has 0 amide bonds. The SMILES string of the molecule is CCC(C)(C)c1cnc(C(C)C)nc1. The Labute approximate surface area is 86.8 Å². The molecule has 1 aromatic heterocycles. The van der Waals surface area contributed by atoms with E-state index in [1.54, 1.807) is 0 Å². The molecule has 0 fully saturated rings. The van der Waals surface area contributed by atoms with Gasteiger partial charge in [-0.3, -0.25) is 0 Å². The fourth-order valence-corrected chi connectivity index (χ4v) is 1.19. The van der Waals surface area contributed by atoms with Crippen molar-refractivity contribution in [2.75, 3.05) is 0 Å². The lowest BCUT2D eigenvalue weighted by Gasteiger charge is -2.22. The first-order valence-electron chi connectivity index (χ1n) is 5.29. The van der Waals surface area contributed by atoms with Crippen LogP contribution in [0.4, 0.5) is 0 Å². The molecule has 0 N–H and O–H groups in total. The molecule has 14 heavy (non-hydrogen) atoms. The van der Waals surface area contributed by atoms with Crippen LogP contribution < -0.4 is 0 Å². The van der Waals surface area contributed by atoms with Gasteiger partial charge in [0.25, 0.3) is 0 Å². The normalized spacial score (nSPS) is 12.1. The molecule has 0 saturated carbocycles. The van der Waals surface area contributed by atoms with Gasteiger partial charge in [-0.1, -0.05) is 34.6 Å². The first-order valence-corrected chi connectivity index (χ1v) is 5.29. The van der Waals surface area contributed by atoms with Gasteiger partial charge in [0.05, 0.1) is 0 Å². The summed E-state index contributed by atoms with van der Waals surface area (Å²) in [5.74, 6) is 1.34. The first-order chi connectivity index (χ1) is 6.47. The van der Waals surface area contributed by atoms with Crippen molar-refractivity contribution in [3.8, 4) is 0 Å². The summed E-state index contributed by atoms with van der Waals surface area (Å²) in [7, 11) is 0. The largest absolute Gasteiger partial charge is 0.241 e. The lowest BCUT2D eigenvalue weighted by atomic mass is 9.84. The number of hydrogen-bond acceptors (Lipinski definition) is 2. The standard InChI is InChI=1S/C12H20N2/c1-6-12(4,5)10-7-13-11(9(2)3)14-8-10/h7-9H,6H2,1-5H3. The van der Waals surface area contributed by atoms with E-state index in [2.05, 4.69) is 44.6 Å². The fraction of sp³-hybridized carbons (Fsp3) is 0.667. The third-order valence-electron chi connectivity index (χ3n) is 2.85. The minimum Gasteiger partial charge on any atom is -0.241 e. The van der Waals surface area contributed by atoms with Crippen molar-refractivity contribution < 1.29 is 0 Å². The molecule has 1 rings (SSSR count). The van der Waals surface area contributed by atoms with Crippen LogP contribution in [-0.4, -0.2) is 9.97 Å². The van der Waals surface area contributed by atoms with Crippen LogP contribution in [0.1, 0.15) is 58.3 Å². The van der Waals surface area contributed by atoms with Crippen LogP contribution in [-0.2, 0) is 5.41 Å². The topological polar surface area (TPSA) is 25.8 Å². The Balaban J connectivity index is 2.94. The summed E-state index contributed by atoms with van der Waals surface area (Å²) < 4.78 is 0. The lowest BCUT2D eigenvalue weighted by molar-refractivity contribution is 0.500. The van der Waals surface area contributed by atoms with Gasteiger partial charge in [0.15, 0.2) is 0 Å². The van der Waals surface area contributed by atoms with Crippen molar-refractivity contribution in [3.05, 3.63) is 23.8 Å². The first kappa shape index (κ1) is 11.2. The molecule has 0 radical (unpaired) electrons. The number of rotatable bonds is 3. The third-order valence-corrected chi connectivity index (χ3v) is 2.85. The van der Waals surface area contributed by atoms with E-state index in [0.29, 0.717) is 5.92 Å². The summed E-state index contributed by atoms with van der Waals surface area (Å²) >= 11 is 0. The lowest BCUT2D eigenvalue weighted by Crippen LogP contribution is -2.16. The minimum atomic E-state index is 0.190. The van der Waals surface area contributed by atoms with Crippen LogP contribution in [0.25, 0.3) is 0 Å². The Kier molecular flexibility index (Phi) is 3.25. The van der Waals surface area contributed by atoms with Crippen molar-refractivity contribution in [3.63, 3.8) is 0 Å². The Bertz CT molecular complexity index is 286. The maximum absolute atomic E-state index is 4.38. The number of aromatic nitrogens is 2. The van der Waals surface area contributed by atoms with E-state index in [0.717, 1.165) is 12.2 Å². The summed E-state index contributed by atoms with van der Waals surface area (Å²) in [5.41, 5.74) is 1.42. The maximum Gasteiger partial charge on any atom is 0.130 e. The highest BCUT2D eigenvalue weighted by Crippen LogP contribution is 2.25. The molecular weight excluding hydrogens is 172 g/mol. The van der Waals surface area contributed by atoms with Crippen molar-refractivity contribution >= 4 is 0 Å². The number of hydrogen-bond donors (Lipinski definition) is 0. The van der Waals surface area contributed by atoms with Crippen LogP contribution in [0.5, 0.6) is 0 Å². The molecule has 2 nitrogen and oxygen atoms in total. The van der Waals surface area contributed by atoms with Gasteiger partial charge >= 0.3 is 0 Å². The average Bonchev–Trinajstić information content (AvgIpc) is 2.18. The molecule has 0 bridgehead atoms. The van der Waals surface area contributed by atoms with Gasteiger partial charge in [-0.15, -0.1) is 0 Å². The molecular formula is C12H20N2. The zero-order chi connectivity index (χ0) is 10.8. The van der Waals surface area contributed by atoms with E-state index in [9.17, 15) is 0 Å². The molecule has 78 valence electrons. The average molecular weight is 192 g/mol. The highest BCUT2D eigenvalue weighted by Gasteiger charge is 2.18. The van der Waals surface area contributed by atoms with E-state index in [4.69, 9.17) is 0 Å². The summed E-state index contributed by atoms with van der Waals surface area (Å²) in [6.07, 6.45) is 5.04. The van der Waals surface area contributed by atoms with Crippen LogP contribution >= 0.6 is 0 Å². The second kappa shape index (κ2) is 4.07. The minimum absolute atomic E-state index is 0.190. The molecule has 0 unspecified atom stereocenters. The second-order valence-corrected chi connectivity index (χ2v) is 4.72. The molecule has 0 saturated heterocycles. The van der Waals surface area contributed by atoms with Gasteiger partial charge in [0.2, 0.25) is 0 Å². The molecule has 0 atom stereocenters. The van der Waals surface area contributed by atoms with Gasteiger partial charge in [0.1, 0.15) is 5.82 Å². The smallest absolute Gasteiger partial charge is 0.130 e. The Morgan fingerprint density at radius 1 is 1.21 bits per heavy atom. The Hall–Kier alpha value is -0.920. The Morgan fingerprint density at radius 2 is 1.71 bits per heavy atom. The Morgan fingerprint density at radius 3 is 2.07 bits per heavy atom. The molecule has 0 spiro atoms. The van der Waals surface area contributed by atoms with Crippen molar-refractivity contribution in [1.29, 1.82) is 0 Å². The summed E-state index contributed by atoms with van der Waals surface area (Å²) in [4.78, 5) is 8.76. The third kappa shape index (κ3) is 2.31. The van der Waals surface area contributed by atoms with E-state index in [1.165, 1.54) is 5.56 Å². The van der Waals surface area contributed by atoms with Crippen molar-refractivity contribution in [2.24, 2.45) is 0 Å². The fourth-order valence-electron chi connectivity index (χ4n) is 1.19. The van der Waals surface area contributed by atoms with E-state index < -0.39 is 0 Å². The van der Waals surface area contributed by atoms with Crippen LogP contribution in [0.15, 0.2) is 12.4 Å². The van der Waals surface area contributed by atoms with Gasteiger partial charge in [-0.2, -0.15) is 0 Å². The highest BCUT2D eigenvalue weighted by molar-refractivity contribution is 5.17. The molecule has 1 heterocycles. The van der Waals surface area contributed by atoms with E-state index in [1.807, 2.05) is 12.4 Å². The van der Waals surface area contributed by atoms with Gasteiger partial charge in [-0.05, 0) is 17.4 Å². The zero-order valence-corrected chi connectivity index (χ0v) is 9.83. The van der Waals surface area contributed by atoms with Crippen LogP contribution in [0.2, 0.25) is 0 Å². The molecule has 0 aliphatic heterocycles. The van der Waals surface area contributed by atoms with Gasteiger partial charge in [0, 0.05) is 18.3 Å². The second-order valence-electron chi connectivity index (χ2n) is 4.72. The molecule has 0 aromatic carbocycles. The molecule has 2 heteroatoms. The highest BCUT2D eigenvalue weighted by atomic mass is 14.9. The zero-order valence-electron chi connectivity index (χ0n) is 9.83. The monoisotopic (exact) mass is 192 g/mol. The van der Waals surface area contributed by atoms with E-state index >= 15 is 0 Å². The number of nitrogens with zero attached hydrogens (tertiary/aromatic N) is 2. The van der Waals surface area contributed by atoms with Crippen LogP contribution in [0, 0.1) is 0 Å². The van der Waals surface area contributed by atoms with E-state index in [-0.39, 0.29) is 5.41 Å². The predicted octanol–water partition coefficient (Wildman–Crippen LogP) is 3.29. The molecule has 1 aromatic rings. The summed E-state index contributed by atoms with van der Waals surface area (Å²) in [6.45, 7) is 10.9. The van der Waals surface area contributed by atoms with Crippen LogP contribution in [0.3, 0.4) is 0 Å².